The van der Waals surface area contributed by atoms with Crippen molar-refractivity contribution in [2.45, 2.75) is 32.3 Å². The molecule has 0 bridgehead atoms. The van der Waals surface area contributed by atoms with E-state index < -0.39 is 36.6 Å². The van der Waals surface area contributed by atoms with Crippen molar-refractivity contribution in [3.63, 3.8) is 0 Å². The summed E-state index contributed by atoms with van der Waals surface area (Å²) in [5, 5.41) is 5.85. The first kappa shape index (κ1) is 28.4. The molecule has 0 saturated carbocycles. The van der Waals surface area contributed by atoms with E-state index in [1.54, 1.807) is 17.1 Å². The van der Waals surface area contributed by atoms with Crippen LogP contribution in [-0.4, -0.2) is 57.2 Å². The van der Waals surface area contributed by atoms with Gasteiger partial charge in [-0.25, -0.2) is 32.2 Å². The van der Waals surface area contributed by atoms with Crippen molar-refractivity contribution in [3.8, 4) is 23.0 Å². The molecule has 12 heteroatoms. The quantitative estimate of drug-likeness (QED) is 0.240. The molecule has 5 rings (SSSR count). The highest BCUT2D eigenvalue weighted by atomic mass is 19.3. The summed E-state index contributed by atoms with van der Waals surface area (Å²) in [6, 6.07) is 12.8. The molecule has 0 unspecified atom stereocenters. The number of aromatic nitrogens is 4. The average Bonchev–Trinajstić information content (AvgIpc) is 3.50. The number of ether oxygens (including phenoxy) is 1. The van der Waals surface area contributed by atoms with Crippen LogP contribution in [0.5, 0.6) is 6.01 Å². The lowest BCUT2D eigenvalue weighted by Gasteiger charge is -2.18. The molecule has 0 radical (unpaired) electrons. The Labute approximate surface area is 233 Å². The van der Waals surface area contributed by atoms with Crippen molar-refractivity contribution in [3.05, 3.63) is 89.4 Å². The van der Waals surface area contributed by atoms with Gasteiger partial charge in [-0.1, -0.05) is 24.3 Å². The highest BCUT2D eigenvalue weighted by Crippen LogP contribution is 2.38. The lowest BCUT2D eigenvalue weighted by Crippen LogP contribution is -2.26. The summed E-state index contributed by atoms with van der Waals surface area (Å²) in [6.45, 7) is 1.21. The van der Waals surface area contributed by atoms with E-state index >= 15 is 0 Å². The summed E-state index contributed by atoms with van der Waals surface area (Å²) in [4.78, 5) is 27.5. The number of rotatable bonds is 10. The molecule has 0 N–H and O–H groups in total. The van der Waals surface area contributed by atoms with Crippen LogP contribution in [0.4, 0.5) is 17.6 Å². The van der Waals surface area contributed by atoms with Crippen molar-refractivity contribution >= 4 is 5.78 Å². The average molecular weight is 570 g/mol. The number of hydroxylamine groups is 2. The Morgan fingerprint density at radius 2 is 1.83 bits per heavy atom. The Morgan fingerprint density at radius 3 is 2.49 bits per heavy atom. The molecule has 2 aromatic carbocycles. The van der Waals surface area contributed by atoms with Crippen LogP contribution in [0.2, 0.25) is 0 Å². The van der Waals surface area contributed by atoms with Crippen LogP contribution in [0, 0.1) is 24.5 Å². The van der Waals surface area contributed by atoms with Gasteiger partial charge in [-0.3, -0.25) is 9.63 Å². The summed E-state index contributed by atoms with van der Waals surface area (Å²) in [6.07, 6.45) is -0.438. The Kier molecular flexibility index (Phi) is 8.41. The monoisotopic (exact) mass is 569 g/mol. The SMILES string of the molecule is COc1ncc(-c2nn(-c3ccccc3)c(CC(=O)C[C@@H]3CN(CC(F)F)O[C@H]3c3ccc(F)c(F)c3)c2C)cn1. The van der Waals surface area contributed by atoms with Gasteiger partial charge >= 0.3 is 6.01 Å². The lowest BCUT2D eigenvalue weighted by molar-refractivity contribution is -0.167. The first-order valence-corrected chi connectivity index (χ1v) is 12.9. The summed E-state index contributed by atoms with van der Waals surface area (Å²) in [5.41, 5.74) is 3.62. The third-order valence-corrected chi connectivity index (χ3v) is 6.93. The van der Waals surface area contributed by atoms with E-state index in [9.17, 15) is 22.4 Å². The number of hydrogen-bond acceptors (Lipinski definition) is 7. The fourth-order valence-electron chi connectivity index (χ4n) is 5.00. The second-order valence-electron chi connectivity index (χ2n) is 9.74. The van der Waals surface area contributed by atoms with Crippen LogP contribution >= 0.6 is 0 Å². The second-order valence-corrected chi connectivity index (χ2v) is 9.74. The van der Waals surface area contributed by atoms with E-state index in [-0.39, 0.29) is 36.7 Å². The molecule has 4 aromatic rings. The van der Waals surface area contributed by atoms with Crippen molar-refractivity contribution in [1.82, 2.24) is 24.8 Å². The Morgan fingerprint density at radius 1 is 1.10 bits per heavy atom. The molecule has 0 aliphatic carbocycles. The van der Waals surface area contributed by atoms with Crippen LogP contribution in [0.15, 0.2) is 60.9 Å². The number of Topliss-reactive ketones (excluding diaryl/α,β-unsaturated/α-hetero) is 1. The normalized spacial score (nSPS) is 17.3. The molecule has 2 aromatic heterocycles. The molecule has 214 valence electrons. The molecule has 1 saturated heterocycles. The first-order chi connectivity index (χ1) is 19.7. The minimum atomic E-state index is -2.67. The summed E-state index contributed by atoms with van der Waals surface area (Å²) in [5.74, 6) is -2.87. The number of carbonyl (C=O) groups excluding carboxylic acids is 1. The standard InChI is InChI=1S/C29H27F4N5O3/c1-17-25(38(21-6-4-3-5-7-21)36-27(17)20-13-34-29(40-2)35-14-20)12-22(39)10-19-15-37(16-26(32)33)41-28(19)18-8-9-23(30)24(31)11-18/h3-9,11,13-14,19,26,28H,10,12,15-16H2,1-2H3/t19-,28+/m1/s1. The van der Waals surface area contributed by atoms with Gasteiger partial charge in [0, 0.05) is 43.3 Å². The highest BCUT2D eigenvalue weighted by molar-refractivity contribution is 5.82. The van der Waals surface area contributed by atoms with Crippen molar-refractivity contribution in [2.24, 2.45) is 5.92 Å². The number of nitrogens with zero attached hydrogens (tertiary/aromatic N) is 5. The van der Waals surface area contributed by atoms with E-state index in [1.807, 2.05) is 37.3 Å². The molecule has 8 nitrogen and oxygen atoms in total. The minimum absolute atomic E-state index is 0.0133. The number of carbonyl (C=O) groups is 1. The van der Waals surface area contributed by atoms with Gasteiger partial charge in [0.25, 0.3) is 6.43 Å². The number of alkyl halides is 2. The summed E-state index contributed by atoms with van der Waals surface area (Å²) < 4.78 is 60.5. The van der Waals surface area contributed by atoms with E-state index in [0.29, 0.717) is 17.0 Å². The zero-order valence-corrected chi connectivity index (χ0v) is 22.3. The maximum Gasteiger partial charge on any atom is 0.316 e. The predicted octanol–water partition coefficient (Wildman–Crippen LogP) is 5.30. The molecule has 0 amide bonds. The summed E-state index contributed by atoms with van der Waals surface area (Å²) in [7, 11) is 1.47. The van der Waals surface area contributed by atoms with E-state index in [0.717, 1.165) is 28.4 Å². The van der Waals surface area contributed by atoms with Gasteiger partial charge in [-0.05, 0) is 42.3 Å². The van der Waals surface area contributed by atoms with Crippen molar-refractivity contribution in [2.75, 3.05) is 20.2 Å². The Bertz CT molecular complexity index is 1520. The molecule has 1 fully saturated rings. The third-order valence-electron chi connectivity index (χ3n) is 6.93. The summed E-state index contributed by atoms with van der Waals surface area (Å²) >= 11 is 0. The number of hydrogen-bond donors (Lipinski definition) is 0. The Balaban J connectivity index is 1.43. The maximum absolute atomic E-state index is 14.0. The molecule has 41 heavy (non-hydrogen) atoms. The largest absolute Gasteiger partial charge is 0.467 e. The van der Waals surface area contributed by atoms with Gasteiger partial charge < -0.3 is 4.74 Å². The van der Waals surface area contributed by atoms with Crippen LogP contribution in [0.3, 0.4) is 0 Å². The lowest BCUT2D eigenvalue weighted by atomic mass is 9.90. The van der Waals surface area contributed by atoms with Gasteiger partial charge in [0.2, 0.25) is 0 Å². The molecule has 2 atom stereocenters. The number of benzene rings is 2. The first-order valence-electron chi connectivity index (χ1n) is 12.9. The Hall–Kier alpha value is -4.16. The van der Waals surface area contributed by atoms with Gasteiger partial charge in [0.15, 0.2) is 11.6 Å². The maximum atomic E-state index is 14.0. The molecule has 1 aliphatic rings. The minimum Gasteiger partial charge on any atom is -0.467 e. The van der Waals surface area contributed by atoms with E-state index in [2.05, 4.69) is 9.97 Å². The van der Waals surface area contributed by atoms with E-state index in [1.165, 1.54) is 13.2 Å². The van der Waals surface area contributed by atoms with Gasteiger partial charge in [-0.2, -0.15) is 10.2 Å². The number of ketones is 1. The molecule has 0 spiro atoms. The van der Waals surface area contributed by atoms with Crippen LogP contribution in [0.25, 0.3) is 16.9 Å². The van der Waals surface area contributed by atoms with Crippen LogP contribution in [-0.2, 0) is 16.1 Å². The number of methoxy groups -OCH3 is 1. The van der Waals surface area contributed by atoms with Crippen molar-refractivity contribution < 1.29 is 31.9 Å². The van der Waals surface area contributed by atoms with Crippen LogP contribution < -0.4 is 4.74 Å². The van der Waals surface area contributed by atoms with Gasteiger partial charge in [0.05, 0.1) is 30.7 Å². The zero-order valence-electron chi connectivity index (χ0n) is 22.3. The van der Waals surface area contributed by atoms with Crippen molar-refractivity contribution in [1.29, 1.82) is 0 Å². The van der Waals surface area contributed by atoms with Gasteiger partial charge in [0.1, 0.15) is 11.9 Å². The molecular formula is C29H27F4N5O3. The predicted molar refractivity (Wildman–Crippen MR) is 140 cm³/mol. The number of para-hydroxylation sites is 1. The fourth-order valence-corrected chi connectivity index (χ4v) is 5.00. The molecule has 1 aliphatic heterocycles. The van der Waals surface area contributed by atoms with Gasteiger partial charge in [-0.15, -0.1) is 0 Å². The third kappa shape index (κ3) is 6.28. The molecular weight excluding hydrogens is 542 g/mol. The number of halogens is 4. The fraction of sp³-hybridized carbons (Fsp3) is 0.310. The zero-order chi connectivity index (χ0) is 29.1. The second kappa shape index (κ2) is 12.1. The molecule has 3 heterocycles. The van der Waals surface area contributed by atoms with Crippen LogP contribution in [0.1, 0.15) is 29.3 Å². The van der Waals surface area contributed by atoms with E-state index in [4.69, 9.17) is 14.7 Å². The topological polar surface area (TPSA) is 82.4 Å². The highest BCUT2D eigenvalue weighted by Gasteiger charge is 2.38. The smallest absolute Gasteiger partial charge is 0.316 e.